The molecule has 1 aromatic carbocycles. The summed E-state index contributed by atoms with van der Waals surface area (Å²) in [7, 11) is -6.70. The summed E-state index contributed by atoms with van der Waals surface area (Å²) < 4.78 is 51.7. The quantitative estimate of drug-likeness (QED) is 0.742. The van der Waals surface area contributed by atoms with Crippen LogP contribution in [0.15, 0.2) is 24.3 Å². The average Bonchev–Trinajstić information content (AvgIpc) is 3.01. The van der Waals surface area contributed by atoms with Gasteiger partial charge in [0.2, 0.25) is 26.0 Å². The Morgan fingerprint density at radius 3 is 2.46 bits per heavy atom. The molecule has 10 heteroatoms. The van der Waals surface area contributed by atoms with E-state index in [0.717, 1.165) is 12.8 Å². The molecule has 0 bridgehead atoms. The highest BCUT2D eigenvalue weighted by Gasteiger charge is 2.36. The number of nitrogens with zero attached hydrogens (tertiary/aromatic N) is 2. The normalized spacial score (nSPS) is 22.9. The van der Waals surface area contributed by atoms with Crippen LogP contribution in [0.1, 0.15) is 39.0 Å². The molecule has 156 valence electrons. The molecule has 1 N–H and O–H groups in total. The number of sulfonamides is 2. The zero-order valence-electron chi connectivity index (χ0n) is 16.0. The van der Waals surface area contributed by atoms with Crippen molar-refractivity contribution in [3.8, 4) is 0 Å². The van der Waals surface area contributed by atoms with Gasteiger partial charge >= 0.3 is 0 Å². The van der Waals surface area contributed by atoms with Gasteiger partial charge in [-0.25, -0.2) is 16.8 Å². The van der Waals surface area contributed by atoms with E-state index in [0.29, 0.717) is 43.7 Å². The number of nitrogens with one attached hydrogen (secondary N) is 1. The van der Waals surface area contributed by atoms with E-state index in [1.54, 1.807) is 31.2 Å². The lowest BCUT2D eigenvalue weighted by Crippen LogP contribution is -2.50. The highest BCUT2D eigenvalue weighted by Crippen LogP contribution is 2.26. The Balaban J connectivity index is 1.71. The second-order valence-corrected chi connectivity index (χ2v) is 11.3. The molecule has 0 aromatic heterocycles. The summed E-state index contributed by atoms with van der Waals surface area (Å²) in [5, 5.41) is 2.78. The fraction of sp³-hybridized carbons (Fsp3) is 0.611. The summed E-state index contributed by atoms with van der Waals surface area (Å²) in [6.45, 7) is 2.63. The smallest absolute Gasteiger partial charge is 0.242 e. The first-order valence-corrected chi connectivity index (χ1v) is 12.9. The second-order valence-electron chi connectivity index (χ2n) is 7.22. The van der Waals surface area contributed by atoms with Gasteiger partial charge in [0.15, 0.2) is 0 Å². The third-order valence-corrected chi connectivity index (χ3v) is 9.04. The summed E-state index contributed by atoms with van der Waals surface area (Å²) in [5.74, 6) is -0.161. The molecule has 1 unspecified atom stereocenters. The third-order valence-electron chi connectivity index (χ3n) is 5.10. The van der Waals surface area contributed by atoms with Crippen molar-refractivity contribution < 1.29 is 21.6 Å². The molecule has 2 heterocycles. The zero-order chi connectivity index (χ0) is 20.4. The Bertz CT molecular complexity index is 913. The van der Waals surface area contributed by atoms with Crippen LogP contribution in [-0.2, 0) is 24.8 Å². The standard InChI is InChI=1S/C18H27N3O5S2/c1-2-13-27(23,24)21-11-4-3-6-17(21)18(22)19-15-7-9-16(10-8-15)20-12-5-14-28(20,25)26/h7-10,17H,2-6,11-14H2,1H3,(H,19,22). The molecule has 1 amide bonds. The van der Waals surface area contributed by atoms with Crippen LogP contribution < -0.4 is 9.62 Å². The van der Waals surface area contributed by atoms with Crippen molar-refractivity contribution >= 4 is 37.3 Å². The van der Waals surface area contributed by atoms with Gasteiger partial charge in [-0.05, 0) is 49.9 Å². The van der Waals surface area contributed by atoms with Crippen LogP contribution in [-0.4, -0.2) is 57.7 Å². The maximum absolute atomic E-state index is 12.7. The van der Waals surface area contributed by atoms with E-state index < -0.39 is 26.1 Å². The molecule has 3 rings (SSSR count). The number of amides is 1. The van der Waals surface area contributed by atoms with Crippen molar-refractivity contribution in [1.82, 2.24) is 4.31 Å². The Morgan fingerprint density at radius 2 is 1.86 bits per heavy atom. The van der Waals surface area contributed by atoms with Gasteiger partial charge in [-0.3, -0.25) is 9.10 Å². The van der Waals surface area contributed by atoms with Gasteiger partial charge in [-0.1, -0.05) is 13.3 Å². The van der Waals surface area contributed by atoms with E-state index in [1.807, 2.05) is 0 Å². The lowest BCUT2D eigenvalue weighted by atomic mass is 10.0. The van der Waals surface area contributed by atoms with E-state index in [1.165, 1.54) is 8.61 Å². The molecule has 28 heavy (non-hydrogen) atoms. The van der Waals surface area contributed by atoms with E-state index in [4.69, 9.17) is 0 Å². The Morgan fingerprint density at radius 1 is 1.14 bits per heavy atom. The van der Waals surface area contributed by atoms with Crippen molar-refractivity contribution in [2.24, 2.45) is 0 Å². The highest BCUT2D eigenvalue weighted by molar-refractivity contribution is 7.93. The molecule has 2 fully saturated rings. The Labute approximate surface area is 167 Å². The fourth-order valence-corrected chi connectivity index (χ4v) is 7.05. The molecule has 2 aliphatic rings. The number of rotatable bonds is 6. The largest absolute Gasteiger partial charge is 0.325 e. The lowest BCUT2D eigenvalue weighted by Gasteiger charge is -2.33. The summed E-state index contributed by atoms with van der Waals surface area (Å²) in [4.78, 5) is 12.7. The van der Waals surface area contributed by atoms with Crippen LogP contribution in [0.25, 0.3) is 0 Å². The molecule has 2 saturated heterocycles. The molecular formula is C18H27N3O5S2. The molecule has 0 radical (unpaired) electrons. The molecule has 1 atom stereocenters. The van der Waals surface area contributed by atoms with Crippen molar-refractivity contribution in [2.45, 2.75) is 45.1 Å². The fourth-order valence-electron chi connectivity index (χ4n) is 3.74. The maximum Gasteiger partial charge on any atom is 0.242 e. The van der Waals surface area contributed by atoms with Gasteiger partial charge in [-0.2, -0.15) is 4.31 Å². The number of hydrogen-bond acceptors (Lipinski definition) is 5. The molecule has 1 aromatic rings. The first-order valence-electron chi connectivity index (χ1n) is 9.65. The second kappa shape index (κ2) is 8.38. The molecule has 0 saturated carbocycles. The van der Waals surface area contributed by atoms with E-state index in [-0.39, 0.29) is 17.4 Å². The highest BCUT2D eigenvalue weighted by atomic mass is 32.2. The number of benzene rings is 1. The number of hydrogen-bond donors (Lipinski definition) is 1. The van der Waals surface area contributed by atoms with Crippen LogP contribution in [0.5, 0.6) is 0 Å². The number of carbonyl (C=O) groups excluding carboxylic acids is 1. The first kappa shape index (κ1) is 21.1. The molecule has 0 spiro atoms. The van der Waals surface area contributed by atoms with Gasteiger partial charge in [0.25, 0.3) is 0 Å². The van der Waals surface area contributed by atoms with Crippen molar-refractivity contribution in [3.05, 3.63) is 24.3 Å². The predicted octanol–water partition coefficient (Wildman–Crippen LogP) is 1.76. The minimum absolute atomic E-state index is 0.0375. The van der Waals surface area contributed by atoms with Gasteiger partial charge in [-0.15, -0.1) is 0 Å². The molecular weight excluding hydrogens is 402 g/mol. The number of carbonyl (C=O) groups is 1. The van der Waals surface area contributed by atoms with Crippen molar-refractivity contribution in [3.63, 3.8) is 0 Å². The van der Waals surface area contributed by atoms with Crippen LogP contribution in [0.3, 0.4) is 0 Å². The predicted molar refractivity (Wildman–Crippen MR) is 109 cm³/mol. The minimum atomic E-state index is -3.45. The van der Waals surface area contributed by atoms with Crippen molar-refractivity contribution in [1.29, 1.82) is 0 Å². The summed E-state index contributed by atoms with van der Waals surface area (Å²) >= 11 is 0. The SMILES string of the molecule is CCCS(=O)(=O)N1CCCCC1C(=O)Nc1ccc(N2CCCS2(=O)=O)cc1. The Hall–Kier alpha value is -1.65. The van der Waals surface area contributed by atoms with Crippen molar-refractivity contribution in [2.75, 3.05) is 34.2 Å². The zero-order valence-corrected chi connectivity index (χ0v) is 17.6. The summed E-state index contributed by atoms with van der Waals surface area (Å²) in [6, 6.07) is 5.91. The molecule has 2 aliphatic heterocycles. The van der Waals surface area contributed by atoms with Crippen LogP contribution in [0.4, 0.5) is 11.4 Å². The minimum Gasteiger partial charge on any atom is -0.325 e. The number of piperidine rings is 1. The molecule has 0 aliphatic carbocycles. The average molecular weight is 430 g/mol. The van der Waals surface area contributed by atoms with Gasteiger partial charge in [0, 0.05) is 18.8 Å². The summed E-state index contributed by atoms with van der Waals surface area (Å²) in [5.41, 5.74) is 1.09. The number of anilines is 2. The summed E-state index contributed by atoms with van der Waals surface area (Å²) in [6.07, 6.45) is 3.17. The van der Waals surface area contributed by atoms with E-state index in [2.05, 4.69) is 5.32 Å². The lowest BCUT2D eigenvalue weighted by molar-refractivity contribution is -0.120. The topological polar surface area (TPSA) is 104 Å². The van der Waals surface area contributed by atoms with Crippen LogP contribution in [0, 0.1) is 0 Å². The third kappa shape index (κ3) is 4.49. The first-order chi connectivity index (χ1) is 13.2. The molecule has 8 nitrogen and oxygen atoms in total. The Kier molecular flexibility index (Phi) is 6.31. The monoisotopic (exact) mass is 429 g/mol. The van der Waals surface area contributed by atoms with Gasteiger partial charge in [0.05, 0.1) is 17.2 Å². The van der Waals surface area contributed by atoms with Gasteiger partial charge in [0.1, 0.15) is 6.04 Å². The van der Waals surface area contributed by atoms with Gasteiger partial charge < -0.3 is 5.32 Å². The van der Waals surface area contributed by atoms with Crippen LogP contribution in [0.2, 0.25) is 0 Å². The van der Waals surface area contributed by atoms with Crippen LogP contribution >= 0.6 is 0 Å². The van der Waals surface area contributed by atoms with E-state index >= 15 is 0 Å². The maximum atomic E-state index is 12.7. The van der Waals surface area contributed by atoms with E-state index in [9.17, 15) is 21.6 Å².